The summed E-state index contributed by atoms with van der Waals surface area (Å²) in [6, 6.07) is 7.96. The zero-order valence-electron chi connectivity index (χ0n) is 18.4. The molecule has 0 unspecified atom stereocenters. The Balaban J connectivity index is 2.57. The standard InChI is InChI=1S/C23H38O4Si/c1-23(2,3)28(5,6)27-22(11-9-7-8-10-17-24)16-18-26-19-20-12-14-21(25-4)15-13-20/h7-10,12-15,22,24H,11,16-19H2,1-6H3/b9-7-,10-8+/t22-/m0/s1. The van der Waals surface area contributed by atoms with Crippen LogP contribution in [0.4, 0.5) is 0 Å². The number of hydrogen-bond donors (Lipinski definition) is 1. The molecule has 0 saturated carbocycles. The van der Waals surface area contributed by atoms with Crippen molar-refractivity contribution in [3.05, 3.63) is 54.1 Å². The van der Waals surface area contributed by atoms with Gasteiger partial charge in [-0.2, -0.15) is 0 Å². The van der Waals surface area contributed by atoms with E-state index in [0.717, 1.165) is 24.2 Å². The Hall–Kier alpha value is -1.40. The number of hydrogen-bond acceptors (Lipinski definition) is 4. The van der Waals surface area contributed by atoms with Crippen LogP contribution in [0, 0.1) is 0 Å². The molecule has 0 fully saturated rings. The Labute approximate surface area is 172 Å². The second-order valence-electron chi connectivity index (χ2n) is 8.46. The third kappa shape index (κ3) is 9.19. The Morgan fingerprint density at radius 3 is 2.29 bits per heavy atom. The number of aliphatic hydroxyl groups excluding tert-OH is 1. The Morgan fingerprint density at radius 1 is 1.07 bits per heavy atom. The van der Waals surface area contributed by atoms with Crippen molar-refractivity contribution < 1.29 is 19.0 Å². The van der Waals surface area contributed by atoms with Gasteiger partial charge in [0.1, 0.15) is 5.75 Å². The lowest BCUT2D eigenvalue weighted by Crippen LogP contribution is -2.44. The van der Waals surface area contributed by atoms with Crippen LogP contribution in [-0.4, -0.2) is 39.9 Å². The van der Waals surface area contributed by atoms with Gasteiger partial charge in [-0.25, -0.2) is 0 Å². The Kier molecular flexibility index (Phi) is 10.8. The average Bonchev–Trinajstić information content (AvgIpc) is 2.64. The fraction of sp³-hybridized carbons (Fsp3) is 0.565. The molecular formula is C23H38O4Si. The maximum Gasteiger partial charge on any atom is 0.192 e. The maximum absolute atomic E-state index is 8.82. The first-order chi connectivity index (χ1) is 13.2. The lowest BCUT2D eigenvalue weighted by Gasteiger charge is -2.39. The predicted octanol–water partition coefficient (Wildman–Crippen LogP) is 5.49. The molecule has 0 heterocycles. The molecule has 0 amide bonds. The molecule has 0 aliphatic rings. The van der Waals surface area contributed by atoms with E-state index in [9.17, 15) is 0 Å². The van der Waals surface area contributed by atoms with E-state index in [0.29, 0.717) is 13.2 Å². The number of allylic oxidation sites excluding steroid dienone is 2. The zero-order chi connectivity index (χ0) is 21.0. The van der Waals surface area contributed by atoms with Gasteiger partial charge in [0.2, 0.25) is 0 Å². The van der Waals surface area contributed by atoms with Crippen LogP contribution in [0.1, 0.15) is 39.2 Å². The van der Waals surface area contributed by atoms with Crippen molar-refractivity contribution in [3.8, 4) is 5.75 Å². The van der Waals surface area contributed by atoms with E-state index >= 15 is 0 Å². The number of benzene rings is 1. The first-order valence-corrected chi connectivity index (χ1v) is 12.9. The van der Waals surface area contributed by atoms with Gasteiger partial charge >= 0.3 is 0 Å². The molecule has 158 valence electrons. The van der Waals surface area contributed by atoms with Crippen LogP contribution >= 0.6 is 0 Å². The van der Waals surface area contributed by atoms with Gasteiger partial charge < -0.3 is 19.0 Å². The highest BCUT2D eigenvalue weighted by molar-refractivity contribution is 6.74. The molecule has 1 N–H and O–H groups in total. The summed E-state index contributed by atoms with van der Waals surface area (Å²) in [5, 5.41) is 9.00. The normalized spacial score (nSPS) is 14.1. The number of methoxy groups -OCH3 is 1. The molecule has 0 aliphatic heterocycles. The van der Waals surface area contributed by atoms with Gasteiger partial charge in [0.05, 0.1) is 26.4 Å². The minimum absolute atomic E-state index is 0.0629. The van der Waals surface area contributed by atoms with Crippen LogP contribution in [0.25, 0.3) is 0 Å². The second-order valence-corrected chi connectivity index (χ2v) is 13.2. The fourth-order valence-corrected chi connectivity index (χ4v) is 3.79. The van der Waals surface area contributed by atoms with E-state index in [1.54, 1.807) is 13.2 Å². The fourth-order valence-electron chi connectivity index (χ4n) is 2.39. The predicted molar refractivity (Wildman–Crippen MR) is 119 cm³/mol. The van der Waals surface area contributed by atoms with E-state index in [1.165, 1.54) is 0 Å². The molecule has 4 nitrogen and oxygen atoms in total. The molecule has 1 atom stereocenters. The van der Waals surface area contributed by atoms with Crippen LogP contribution in [0.2, 0.25) is 18.1 Å². The Bertz CT molecular complexity index is 600. The topological polar surface area (TPSA) is 47.9 Å². The summed E-state index contributed by atoms with van der Waals surface area (Å²) in [6.45, 7) is 12.7. The molecule has 1 aromatic rings. The summed E-state index contributed by atoms with van der Waals surface area (Å²) in [5.74, 6) is 0.855. The van der Waals surface area contributed by atoms with Gasteiger partial charge in [0.25, 0.3) is 0 Å². The molecule has 0 aromatic heterocycles. The van der Waals surface area contributed by atoms with Crippen LogP contribution in [0.3, 0.4) is 0 Å². The molecule has 1 rings (SSSR count). The third-order valence-corrected chi connectivity index (χ3v) is 9.70. The first kappa shape index (κ1) is 24.6. The van der Waals surface area contributed by atoms with Crippen molar-refractivity contribution in [1.29, 1.82) is 0 Å². The molecule has 0 spiro atoms. The summed E-state index contributed by atoms with van der Waals surface area (Å²) >= 11 is 0. The number of aliphatic hydroxyl groups is 1. The van der Waals surface area contributed by atoms with Crippen molar-refractivity contribution in [3.63, 3.8) is 0 Å². The minimum Gasteiger partial charge on any atom is -0.497 e. The van der Waals surface area contributed by atoms with E-state index in [1.807, 2.05) is 36.4 Å². The monoisotopic (exact) mass is 406 g/mol. The molecule has 0 saturated heterocycles. The van der Waals surface area contributed by atoms with Gasteiger partial charge in [-0.15, -0.1) is 0 Å². The van der Waals surface area contributed by atoms with Gasteiger partial charge in [0, 0.05) is 6.61 Å². The largest absolute Gasteiger partial charge is 0.497 e. The summed E-state index contributed by atoms with van der Waals surface area (Å²) < 4.78 is 17.7. The van der Waals surface area contributed by atoms with Crippen LogP contribution in [0.5, 0.6) is 5.75 Å². The summed E-state index contributed by atoms with van der Waals surface area (Å²) in [5.41, 5.74) is 1.14. The van der Waals surface area contributed by atoms with Gasteiger partial charge in [-0.1, -0.05) is 57.2 Å². The SMILES string of the molecule is COc1ccc(COCC[C@H](C/C=C\C=C\CO)O[Si](C)(C)C(C)(C)C)cc1. The van der Waals surface area contributed by atoms with Crippen molar-refractivity contribution in [2.24, 2.45) is 0 Å². The summed E-state index contributed by atoms with van der Waals surface area (Å²) in [4.78, 5) is 0. The Morgan fingerprint density at radius 2 is 1.71 bits per heavy atom. The first-order valence-electron chi connectivity index (χ1n) is 10.0. The molecule has 5 heteroatoms. The van der Waals surface area contributed by atoms with E-state index in [2.05, 4.69) is 39.9 Å². The van der Waals surface area contributed by atoms with Crippen LogP contribution in [0.15, 0.2) is 48.6 Å². The third-order valence-electron chi connectivity index (χ3n) is 5.17. The second kappa shape index (κ2) is 12.2. The molecule has 1 aromatic carbocycles. The quantitative estimate of drug-likeness (QED) is 0.283. The van der Waals surface area contributed by atoms with E-state index < -0.39 is 8.32 Å². The van der Waals surface area contributed by atoms with Crippen LogP contribution < -0.4 is 4.74 Å². The van der Waals surface area contributed by atoms with Crippen molar-refractivity contribution in [2.45, 2.75) is 64.5 Å². The highest BCUT2D eigenvalue weighted by Gasteiger charge is 2.38. The molecule has 28 heavy (non-hydrogen) atoms. The van der Waals surface area contributed by atoms with Gasteiger partial charge in [-0.3, -0.25) is 0 Å². The van der Waals surface area contributed by atoms with Crippen LogP contribution in [-0.2, 0) is 15.8 Å². The lowest BCUT2D eigenvalue weighted by atomic mass is 10.2. The molecule has 0 aliphatic carbocycles. The highest BCUT2D eigenvalue weighted by Crippen LogP contribution is 2.38. The molecular weight excluding hydrogens is 368 g/mol. The minimum atomic E-state index is -1.84. The van der Waals surface area contributed by atoms with E-state index in [4.69, 9.17) is 19.0 Å². The van der Waals surface area contributed by atoms with Gasteiger partial charge in [0.15, 0.2) is 8.32 Å². The van der Waals surface area contributed by atoms with Gasteiger partial charge in [-0.05, 0) is 48.7 Å². The molecule has 0 bridgehead atoms. The highest BCUT2D eigenvalue weighted by atomic mass is 28.4. The summed E-state index contributed by atoms with van der Waals surface area (Å²) in [6.07, 6.45) is 9.49. The van der Waals surface area contributed by atoms with Crippen molar-refractivity contribution in [2.75, 3.05) is 20.3 Å². The lowest BCUT2D eigenvalue weighted by molar-refractivity contribution is 0.0783. The zero-order valence-corrected chi connectivity index (χ0v) is 19.4. The average molecular weight is 407 g/mol. The van der Waals surface area contributed by atoms with Crippen molar-refractivity contribution >= 4 is 8.32 Å². The summed E-state index contributed by atoms with van der Waals surface area (Å²) in [7, 11) is -0.171. The molecule has 0 radical (unpaired) electrons. The van der Waals surface area contributed by atoms with Crippen molar-refractivity contribution in [1.82, 2.24) is 0 Å². The number of rotatable bonds is 12. The van der Waals surface area contributed by atoms with E-state index in [-0.39, 0.29) is 17.7 Å². The maximum atomic E-state index is 8.82. The number of ether oxygens (including phenoxy) is 2. The smallest absolute Gasteiger partial charge is 0.192 e.